The van der Waals surface area contributed by atoms with Crippen LogP contribution < -0.4 is 15.8 Å². The van der Waals surface area contributed by atoms with Crippen LogP contribution in [-0.4, -0.2) is 12.5 Å². The van der Waals surface area contributed by atoms with Crippen molar-refractivity contribution in [3.63, 3.8) is 0 Å². The van der Waals surface area contributed by atoms with Crippen LogP contribution in [0.4, 0.5) is 11.4 Å². The lowest BCUT2D eigenvalue weighted by molar-refractivity contribution is -0.118. The minimum absolute atomic E-state index is 0.0503. The number of hydrogen-bond donors (Lipinski definition) is 2. The second-order valence-corrected chi connectivity index (χ2v) is 4.74. The Morgan fingerprint density at radius 2 is 1.84 bits per heavy atom. The molecule has 2 aromatic carbocycles. The van der Waals surface area contributed by atoms with Crippen LogP contribution in [0.5, 0.6) is 5.75 Å². The number of benzene rings is 2. The predicted molar refractivity (Wildman–Crippen MR) is 79.1 cm³/mol. The molecule has 1 amide bonds. The first-order valence-electron chi connectivity index (χ1n) is 5.68. The zero-order valence-corrected chi connectivity index (χ0v) is 11.7. The SMILES string of the molecule is Nc1ccc(OCC(=O)Nc2ccccc2Br)cc1. The number of halogens is 1. The van der Waals surface area contributed by atoms with Gasteiger partial charge in [-0.25, -0.2) is 0 Å². The summed E-state index contributed by atoms with van der Waals surface area (Å²) in [5, 5.41) is 2.76. The van der Waals surface area contributed by atoms with Gasteiger partial charge in [-0.3, -0.25) is 4.79 Å². The number of rotatable bonds is 4. The third-order valence-corrected chi connectivity index (χ3v) is 3.09. The van der Waals surface area contributed by atoms with E-state index in [1.165, 1.54) is 0 Å². The number of nitrogen functional groups attached to an aromatic ring is 1. The van der Waals surface area contributed by atoms with Gasteiger partial charge < -0.3 is 15.8 Å². The summed E-state index contributed by atoms with van der Waals surface area (Å²) in [5.74, 6) is 0.389. The predicted octanol–water partition coefficient (Wildman–Crippen LogP) is 3.05. The normalized spacial score (nSPS) is 9.95. The summed E-state index contributed by atoms with van der Waals surface area (Å²) in [6.45, 7) is -0.0503. The lowest BCUT2D eigenvalue weighted by Crippen LogP contribution is -2.20. The summed E-state index contributed by atoms with van der Waals surface area (Å²) < 4.78 is 6.18. The van der Waals surface area contributed by atoms with Gasteiger partial charge in [-0.1, -0.05) is 12.1 Å². The molecule has 0 saturated heterocycles. The fourth-order valence-corrected chi connectivity index (χ4v) is 1.85. The Bertz CT molecular complexity index is 570. The molecule has 0 radical (unpaired) electrons. The topological polar surface area (TPSA) is 64.3 Å². The third kappa shape index (κ3) is 3.99. The summed E-state index contributed by atoms with van der Waals surface area (Å²) in [7, 11) is 0. The maximum absolute atomic E-state index is 11.7. The van der Waals surface area contributed by atoms with Crippen molar-refractivity contribution in [3.8, 4) is 5.75 Å². The van der Waals surface area contributed by atoms with E-state index in [9.17, 15) is 4.79 Å². The van der Waals surface area contributed by atoms with Gasteiger partial charge >= 0.3 is 0 Å². The number of carbonyl (C=O) groups excluding carboxylic acids is 1. The van der Waals surface area contributed by atoms with Crippen molar-refractivity contribution < 1.29 is 9.53 Å². The van der Waals surface area contributed by atoms with Crippen molar-refractivity contribution in [3.05, 3.63) is 53.0 Å². The molecule has 0 aliphatic heterocycles. The van der Waals surface area contributed by atoms with E-state index in [1.54, 1.807) is 24.3 Å². The lowest BCUT2D eigenvalue weighted by atomic mass is 10.3. The van der Waals surface area contributed by atoms with Crippen LogP contribution >= 0.6 is 15.9 Å². The van der Waals surface area contributed by atoms with Crippen LogP contribution in [0.15, 0.2) is 53.0 Å². The van der Waals surface area contributed by atoms with Crippen molar-refractivity contribution in [2.45, 2.75) is 0 Å². The summed E-state index contributed by atoms with van der Waals surface area (Å²) in [6.07, 6.45) is 0. The van der Waals surface area contributed by atoms with E-state index in [4.69, 9.17) is 10.5 Å². The highest BCUT2D eigenvalue weighted by Crippen LogP contribution is 2.21. The highest BCUT2D eigenvalue weighted by molar-refractivity contribution is 9.10. The molecule has 0 unspecified atom stereocenters. The van der Waals surface area contributed by atoms with Gasteiger partial charge in [-0.2, -0.15) is 0 Å². The molecule has 0 fully saturated rings. The van der Waals surface area contributed by atoms with E-state index in [-0.39, 0.29) is 12.5 Å². The Morgan fingerprint density at radius 1 is 1.16 bits per heavy atom. The van der Waals surface area contributed by atoms with Gasteiger partial charge in [-0.05, 0) is 52.3 Å². The molecule has 2 aromatic rings. The van der Waals surface area contributed by atoms with Gasteiger partial charge in [-0.15, -0.1) is 0 Å². The Kier molecular flexibility index (Phi) is 4.41. The zero-order valence-electron chi connectivity index (χ0n) is 10.1. The first kappa shape index (κ1) is 13.4. The number of nitrogens with two attached hydrogens (primary N) is 1. The number of anilines is 2. The molecular weight excluding hydrogens is 308 g/mol. The summed E-state index contributed by atoms with van der Waals surface area (Å²) in [4.78, 5) is 11.7. The summed E-state index contributed by atoms with van der Waals surface area (Å²) in [5.41, 5.74) is 6.93. The molecule has 5 heteroatoms. The van der Waals surface area contributed by atoms with Crippen molar-refractivity contribution in [1.29, 1.82) is 0 Å². The number of nitrogens with one attached hydrogen (secondary N) is 1. The Balaban J connectivity index is 1.88. The van der Waals surface area contributed by atoms with Crippen LogP contribution in [0.2, 0.25) is 0 Å². The maximum Gasteiger partial charge on any atom is 0.262 e. The second-order valence-electron chi connectivity index (χ2n) is 3.89. The molecule has 0 atom stereocenters. The Morgan fingerprint density at radius 3 is 2.53 bits per heavy atom. The number of para-hydroxylation sites is 1. The largest absolute Gasteiger partial charge is 0.484 e. The van der Waals surface area contributed by atoms with Gasteiger partial charge in [0, 0.05) is 10.2 Å². The zero-order chi connectivity index (χ0) is 13.7. The second kappa shape index (κ2) is 6.24. The minimum Gasteiger partial charge on any atom is -0.484 e. The molecule has 0 heterocycles. The molecular formula is C14H13BrN2O2. The fraction of sp³-hybridized carbons (Fsp3) is 0.0714. The number of hydrogen-bond acceptors (Lipinski definition) is 3. The van der Waals surface area contributed by atoms with Gasteiger partial charge in [0.25, 0.3) is 5.91 Å². The van der Waals surface area contributed by atoms with E-state index in [2.05, 4.69) is 21.2 Å². The molecule has 3 N–H and O–H groups in total. The number of ether oxygens (including phenoxy) is 1. The summed E-state index contributed by atoms with van der Waals surface area (Å²) in [6, 6.07) is 14.3. The maximum atomic E-state index is 11.7. The van der Waals surface area contributed by atoms with Crippen molar-refractivity contribution in [1.82, 2.24) is 0 Å². The van der Waals surface area contributed by atoms with Gasteiger partial charge in [0.15, 0.2) is 6.61 Å². The highest BCUT2D eigenvalue weighted by atomic mass is 79.9. The standard InChI is InChI=1S/C14H13BrN2O2/c15-12-3-1-2-4-13(12)17-14(18)9-19-11-7-5-10(16)6-8-11/h1-8H,9,16H2,(H,17,18). The fourth-order valence-electron chi connectivity index (χ4n) is 1.46. The van der Waals surface area contributed by atoms with E-state index in [1.807, 2.05) is 24.3 Å². The van der Waals surface area contributed by atoms with E-state index in [0.29, 0.717) is 17.1 Å². The van der Waals surface area contributed by atoms with Crippen molar-refractivity contribution >= 4 is 33.2 Å². The van der Waals surface area contributed by atoms with Crippen molar-refractivity contribution in [2.24, 2.45) is 0 Å². The third-order valence-electron chi connectivity index (χ3n) is 2.40. The molecule has 0 bridgehead atoms. The van der Waals surface area contributed by atoms with E-state index in [0.717, 1.165) is 4.47 Å². The quantitative estimate of drug-likeness (QED) is 0.851. The smallest absolute Gasteiger partial charge is 0.262 e. The average Bonchev–Trinajstić information content (AvgIpc) is 2.41. The molecule has 2 rings (SSSR count). The van der Waals surface area contributed by atoms with Gasteiger partial charge in [0.1, 0.15) is 5.75 Å². The van der Waals surface area contributed by atoms with Crippen LogP contribution in [-0.2, 0) is 4.79 Å². The molecule has 0 aliphatic rings. The van der Waals surface area contributed by atoms with Gasteiger partial charge in [0.05, 0.1) is 5.69 Å². The van der Waals surface area contributed by atoms with Crippen LogP contribution in [0, 0.1) is 0 Å². The molecule has 0 spiro atoms. The van der Waals surface area contributed by atoms with Crippen molar-refractivity contribution in [2.75, 3.05) is 17.7 Å². The Hall–Kier alpha value is -2.01. The minimum atomic E-state index is -0.219. The molecule has 98 valence electrons. The number of amides is 1. The van der Waals surface area contributed by atoms with Gasteiger partial charge in [0.2, 0.25) is 0 Å². The van der Waals surface area contributed by atoms with Crippen LogP contribution in [0.1, 0.15) is 0 Å². The lowest BCUT2D eigenvalue weighted by Gasteiger charge is -2.08. The molecule has 19 heavy (non-hydrogen) atoms. The van der Waals surface area contributed by atoms with Crippen LogP contribution in [0.3, 0.4) is 0 Å². The van der Waals surface area contributed by atoms with Crippen LogP contribution in [0.25, 0.3) is 0 Å². The summed E-state index contributed by atoms with van der Waals surface area (Å²) >= 11 is 3.36. The molecule has 4 nitrogen and oxygen atoms in total. The highest BCUT2D eigenvalue weighted by Gasteiger charge is 2.05. The first-order valence-corrected chi connectivity index (χ1v) is 6.47. The first-order chi connectivity index (χ1) is 9.15. The van der Waals surface area contributed by atoms with E-state index < -0.39 is 0 Å². The average molecular weight is 321 g/mol. The molecule has 0 saturated carbocycles. The monoisotopic (exact) mass is 320 g/mol. The number of carbonyl (C=O) groups is 1. The Labute approximate surface area is 119 Å². The molecule has 0 aliphatic carbocycles. The molecule has 0 aromatic heterocycles. The van der Waals surface area contributed by atoms with E-state index >= 15 is 0 Å².